The predicted octanol–water partition coefficient (Wildman–Crippen LogP) is 1.73. The van der Waals surface area contributed by atoms with E-state index in [1.165, 1.54) is 12.1 Å². The molecule has 2 aliphatic heterocycles. The van der Waals surface area contributed by atoms with Crippen molar-refractivity contribution >= 4 is 11.9 Å². The number of hydrogen-bond acceptors (Lipinski definition) is 4. The minimum absolute atomic E-state index is 0.00726. The number of likely N-dealkylation sites (tertiary alicyclic amines) is 1. The van der Waals surface area contributed by atoms with E-state index >= 15 is 0 Å². The lowest BCUT2D eigenvalue weighted by molar-refractivity contribution is -0.141. The Bertz CT molecular complexity index is 656. The number of hydrazine groups is 1. The normalized spacial score (nSPS) is 31.3. The van der Waals surface area contributed by atoms with Gasteiger partial charge in [0.15, 0.2) is 0 Å². The van der Waals surface area contributed by atoms with Crippen LogP contribution < -0.4 is 10.9 Å². The molecule has 7 heteroatoms. The fourth-order valence-electron chi connectivity index (χ4n) is 4.16. The summed E-state index contributed by atoms with van der Waals surface area (Å²) in [6.07, 6.45) is 1.17. The molecular formula is C19H26FN3O3. The van der Waals surface area contributed by atoms with Gasteiger partial charge in [0.2, 0.25) is 5.91 Å². The molecule has 0 aliphatic carbocycles. The van der Waals surface area contributed by atoms with Crippen LogP contribution in [0.2, 0.25) is 0 Å². The van der Waals surface area contributed by atoms with Gasteiger partial charge in [0.25, 0.3) is 0 Å². The number of carboxylic acids is 1. The number of nitrogens with one attached hydrogen (secondary N) is 2. The zero-order valence-electron chi connectivity index (χ0n) is 15.1. The standard InChI is InChI=1S/C19H26FN3O3/c1-11-15(12(2)22-21-11)7-8-18(24)23-9-16(17(10-23)19(25)26)13-3-5-14(20)6-4-13/h3-6,11-12,15-17,21-22H,7-10H2,1-2H3,(H,25,26)/t11?,12?,15?,16-,17+/m1/s1. The zero-order chi connectivity index (χ0) is 18.8. The molecule has 2 aliphatic rings. The van der Waals surface area contributed by atoms with E-state index in [-0.39, 0.29) is 24.2 Å². The molecule has 1 amide bonds. The maximum atomic E-state index is 13.2. The number of carboxylic acid groups (broad SMARTS) is 1. The Kier molecular flexibility index (Phi) is 5.58. The van der Waals surface area contributed by atoms with Gasteiger partial charge < -0.3 is 10.0 Å². The number of carbonyl (C=O) groups is 2. The van der Waals surface area contributed by atoms with Gasteiger partial charge >= 0.3 is 5.97 Å². The third kappa shape index (κ3) is 3.88. The van der Waals surface area contributed by atoms with Gasteiger partial charge in [-0.3, -0.25) is 20.4 Å². The van der Waals surface area contributed by atoms with Crippen LogP contribution in [0.5, 0.6) is 0 Å². The van der Waals surface area contributed by atoms with Crippen molar-refractivity contribution < 1.29 is 19.1 Å². The van der Waals surface area contributed by atoms with Gasteiger partial charge in [-0.15, -0.1) is 0 Å². The van der Waals surface area contributed by atoms with E-state index in [0.717, 1.165) is 12.0 Å². The molecule has 1 aromatic carbocycles. The van der Waals surface area contributed by atoms with Crippen LogP contribution in [0.25, 0.3) is 0 Å². The molecule has 0 radical (unpaired) electrons. The van der Waals surface area contributed by atoms with Crippen LogP contribution in [0.15, 0.2) is 24.3 Å². The van der Waals surface area contributed by atoms with Crippen molar-refractivity contribution in [1.82, 2.24) is 15.8 Å². The van der Waals surface area contributed by atoms with Crippen molar-refractivity contribution in [2.24, 2.45) is 11.8 Å². The number of aliphatic carboxylic acids is 1. The van der Waals surface area contributed by atoms with Gasteiger partial charge in [0.05, 0.1) is 5.92 Å². The molecule has 3 rings (SSSR count). The number of halogens is 1. The summed E-state index contributed by atoms with van der Waals surface area (Å²) in [6.45, 7) is 4.76. The lowest BCUT2D eigenvalue weighted by atomic mass is 9.89. The highest BCUT2D eigenvalue weighted by atomic mass is 19.1. The van der Waals surface area contributed by atoms with Gasteiger partial charge in [-0.25, -0.2) is 4.39 Å². The quantitative estimate of drug-likeness (QED) is 0.742. The molecule has 6 nitrogen and oxygen atoms in total. The Balaban J connectivity index is 1.64. The van der Waals surface area contributed by atoms with Crippen LogP contribution >= 0.6 is 0 Å². The fraction of sp³-hybridized carbons (Fsp3) is 0.579. The summed E-state index contributed by atoms with van der Waals surface area (Å²) in [6, 6.07) is 6.50. The van der Waals surface area contributed by atoms with Crippen LogP contribution in [0.1, 0.15) is 38.2 Å². The third-order valence-corrected chi connectivity index (χ3v) is 5.80. The average Bonchev–Trinajstić information content (AvgIpc) is 3.18. The highest BCUT2D eigenvalue weighted by Gasteiger charge is 2.40. The minimum atomic E-state index is -0.916. The van der Waals surface area contributed by atoms with E-state index in [0.29, 0.717) is 31.0 Å². The second kappa shape index (κ2) is 7.72. The molecule has 0 aromatic heterocycles. The van der Waals surface area contributed by atoms with Crippen LogP contribution in [0.4, 0.5) is 4.39 Å². The maximum absolute atomic E-state index is 13.2. The topological polar surface area (TPSA) is 81.7 Å². The second-order valence-electron chi connectivity index (χ2n) is 7.47. The Hall–Kier alpha value is -1.99. The number of benzene rings is 1. The van der Waals surface area contributed by atoms with Gasteiger partial charge in [0.1, 0.15) is 5.82 Å². The number of hydrogen-bond donors (Lipinski definition) is 3. The lowest BCUT2D eigenvalue weighted by Crippen LogP contribution is -2.31. The monoisotopic (exact) mass is 363 g/mol. The average molecular weight is 363 g/mol. The van der Waals surface area contributed by atoms with Crippen molar-refractivity contribution in [3.63, 3.8) is 0 Å². The van der Waals surface area contributed by atoms with E-state index in [4.69, 9.17) is 0 Å². The minimum Gasteiger partial charge on any atom is -0.481 e. The van der Waals surface area contributed by atoms with Crippen molar-refractivity contribution in [3.8, 4) is 0 Å². The van der Waals surface area contributed by atoms with E-state index in [1.54, 1.807) is 17.0 Å². The predicted molar refractivity (Wildman–Crippen MR) is 94.8 cm³/mol. The second-order valence-corrected chi connectivity index (χ2v) is 7.47. The Morgan fingerprint density at radius 1 is 1.15 bits per heavy atom. The molecule has 2 unspecified atom stereocenters. The number of amides is 1. The van der Waals surface area contributed by atoms with Crippen LogP contribution in [-0.2, 0) is 9.59 Å². The maximum Gasteiger partial charge on any atom is 0.308 e. The van der Waals surface area contributed by atoms with Crippen molar-refractivity contribution in [2.45, 2.75) is 44.7 Å². The first-order valence-electron chi connectivity index (χ1n) is 9.14. The van der Waals surface area contributed by atoms with E-state index in [1.807, 2.05) is 0 Å². The number of rotatable bonds is 5. The first kappa shape index (κ1) is 18.8. The molecule has 0 spiro atoms. The van der Waals surface area contributed by atoms with Crippen LogP contribution in [0, 0.1) is 17.7 Å². The van der Waals surface area contributed by atoms with Gasteiger partial charge in [-0.05, 0) is 43.9 Å². The fourth-order valence-corrected chi connectivity index (χ4v) is 4.16. The first-order chi connectivity index (χ1) is 12.4. The molecular weight excluding hydrogens is 337 g/mol. The number of carbonyl (C=O) groups excluding carboxylic acids is 1. The van der Waals surface area contributed by atoms with Crippen molar-refractivity contribution in [2.75, 3.05) is 13.1 Å². The van der Waals surface area contributed by atoms with Gasteiger partial charge in [-0.1, -0.05) is 12.1 Å². The molecule has 1 aromatic rings. The Morgan fingerprint density at radius 2 is 1.77 bits per heavy atom. The number of nitrogens with zero attached hydrogens (tertiary/aromatic N) is 1. The highest BCUT2D eigenvalue weighted by molar-refractivity contribution is 5.79. The van der Waals surface area contributed by atoms with E-state index in [2.05, 4.69) is 24.7 Å². The third-order valence-electron chi connectivity index (χ3n) is 5.80. The van der Waals surface area contributed by atoms with Crippen molar-refractivity contribution in [1.29, 1.82) is 0 Å². The molecule has 3 N–H and O–H groups in total. The molecule has 142 valence electrons. The molecule has 26 heavy (non-hydrogen) atoms. The van der Waals surface area contributed by atoms with E-state index in [9.17, 15) is 19.1 Å². The summed E-state index contributed by atoms with van der Waals surface area (Å²) in [4.78, 5) is 25.9. The SMILES string of the molecule is CC1NNC(C)C1CCC(=O)N1C[C@H](C(=O)O)[C@@H](c2ccc(F)cc2)C1. The molecule has 0 bridgehead atoms. The molecule has 2 saturated heterocycles. The van der Waals surface area contributed by atoms with Gasteiger partial charge in [0, 0.05) is 37.5 Å². The molecule has 0 saturated carbocycles. The molecule has 2 fully saturated rings. The van der Waals surface area contributed by atoms with Crippen molar-refractivity contribution in [3.05, 3.63) is 35.6 Å². The van der Waals surface area contributed by atoms with Gasteiger partial charge in [-0.2, -0.15) is 0 Å². The Labute approximate surface area is 152 Å². The van der Waals surface area contributed by atoms with Crippen LogP contribution in [-0.4, -0.2) is 47.1 Å². The smallest absolute Gasteiger partial charge is 0.308 e. The zero-order valence-corrected chi connectivity index (χ0v) is 15.1. The lowest BCUT2D eigenvalue weighted by Gasteiger charge is -2.20. The largest absolute Gasteiger partial charge is 0.481 e. The summed E-state index contributed by atoms with van der Waals surface area (Å²) in [5, 5.41) is 9.54. The Morgan fingerprint density at radius 3 is 2.35 bits per heavy atom. The summed E-state index contributed by atoms with van der Waals surface area (Å²) >= 11 is 0. The first-order valence-corrected chi connectivity index (χ1v) is 9.14. The van der Waals surface area contributed by atoms with E-state index < -0.39 is 11.9 Å². The summed E-state index contributed by atoms with van der Waals surface area (Å²) in [5.41, 5.74) is 7.13. The summed E-state index contributed by atoms with van der Waals surface area (Å²) < 4.78 is 13.2. The molecule has 2 heterocycles. The summed E-state index contributed by atoms with van der Waals surface area (Å²) in [5.74, 6) is -1.87. The highest BCUT2D eigenvalue weighted by Crippen LogP contribution is 2.34. The summed E-state index contributed by atoms with van der Waals surface area (Å²) in [7, 11) is 0. The molecule has 4 atom stereocenters. The van der Waals surface area contributed by atoms with Crippen LogP contribution in [0.3, 0.4) is 0 Å².